The predicted molar refractivity (Wildman–Crippen MR) is 104 cm³/mol. The van der Waals surface area contributed by atoms with Gasteiger partial charge in [-0.25, -0.2) is 4.98 Å². The minimum atomic E-state index is -0.0360. The number of hydrogen-bond acceptors (Lipinski definition) is 3. The molecule has 0 aliphatic rings. The van der Waals surface area contributed by atoms with Gasteiger partial charge in [0.15, 0.2) is 5.16 Å². The van der Waals surface area contributed by atoms with Crippen molar-refractivity contribution in [2.24, 2.45) is 0 Å². The van der Waals surface area contributed by atoms with Crippen LogP contribution in [-0.2, 0) is 4.79 Å². The van der Waals surface area contributed by atoms with Crippen LogP contribution < -0.4 is 5.32 Å². The van der Waals surface area contributed by atoms with Crippen molar-refractivity contribution in [1.29, 1.82) is 0 Å². The summed E-state index contributed by atoms with van der Waals surface area (Å²) in [6, 6.07) is 14.0. The number of imidazole rings is 1. The van der Waals surface area contributed by atoms with Gasteiger partial charge in [0.25, 0.3) is 0 Å². The fourth-order valence-electron chi connectivity index (χ4n) is 2.63. The topological polar surface area (TPSA) is 46.9 Å². The zero-order chi connectivity index (χ0) is 17.8. The molecule has 1 aromatic heterocycles. The van der Waals surface area contributed by atoms with Gasteiger partial charge >= 0.3 is 0 Å². The Balaban J connectivity index is 1.69. The maximum absolute atomic E-state index is 12.2. The van der Waals surface area contributed by atoms with Gasteiger partial charge in [0.05, 0.1) is 11.4 Å². The number of aromatic nitrogens is 2. The Morgan fingerprint density at radius 3 is 2.76 bits per heavy atom. The number of hydrogen-bond donors (Lipinski definition) is 1. The first-order valence-electron chi connectivity index (χ1n) is 8.14. The van der Waals surface area contributed by atoms with Crippen molar-refractivity contribution in [3.63, 3.8) is 0 Å². The Hall–Kier alpha value is -2.53. The second-order valence-corrected chi connectivity index (χ2v) is 6.95. The van der Waals surface area contributed by atoms with Crippen LogP contribution in [0.3, 0.4) is 0 Å². The summed E-state index contributed by atoms with van der Waals surface area (Å²) in [5.41, 5.74) is 5.49. The van der Waals surface area contributed by atoms with Gasteiger partial charge in [0.1, 0.15) is 0 Å². The summed E-state index contributed by atoms with van der Waals surface area (Å²) >= 11 is 1.43. The lowest BCUT2D eigenvalue weighted by molar-refractivity contribution is -0.113. The molecule has 128 valence electrons. The summed E-state index contributed by atoms with van der Waals surface area (Å²) in [7, 11) is 0. The average Bonchev–Trinajstić information content (AvgIpc) is 3.04. The number of carbonyl (C=O) groups is 1. The molecule has 1 N–H and O–H groups in total. The van der Waals surface area contributed by atoms with E-state index in [1.807, 2.05) is 48.0 Å². The molecule has 4 nitrogen and oxygen atoms in total. The van der Waals surface area contributed by atoms with Crippen LogP contribution in [0.4, 0.5) is 5.69 Å². The first-order chi connectivity index (χ1) is 12.0. The summed E-state index contributed by atoms with van der Waals surface area (Å²) in [4.78, 5) is 16.6. The average molecular weight is 351 g/mol. The maximum Gasteiger partial charge on any atom is 0.234 e. The van der Waals surface area contributed by atoms with Crippen molar-refractivity contribution in [1.82, 2.24) is 9.55 Å². The number of thioether (sulfide) groups is 1. The van der Waals surface area contributed by atoms with Gasteiger partial charge in [-0.1, -0.05) is 36.0 Å². The first kappa shape index (κ1) is 17.3. The molecule has 3 rings (SSSR count). The molecule has 3 aromatic rings. The molecule has 0 aliphatic carbocycles. The molecule has 0 bridgehead atoms. The van der Waals surface area contributed by atoms with Crippen LogP contribution >= 0.6 is 11.8 Å². The zero-order valence-electron chi connectivity index (χ0n) is 14.6. The molecule has 0 unspecified atom stereocenters. The van der Waals surface area contributed by atoms with E-state index >= 15 is 0 Å². The van der Waals surface area contributed by atoms with Gasteiger partial charge in [-0.15, -0.1) is 0 Å². The first-order valence-corrected chi connectivity index (χ1v) is 9.12. The van der Waals surface area contributed by atoms with Crippen molar-refractivity contribution >= 4 is 23.4 Å². The molecule has 0 radical (unpaired) electrons. The molecule has 1 heterocycles. The third kappa shape index (κ3) is 4.12. The fourth-order valence-corrected chi connectivity index (χ4v) is 3.39. The smallest absolute Gasteiger partial charge is 0.234 e. The largest absolute Gasteiger partial charge is 0.325 e. The van der Waals surface area contributed by atoms with Gasteiger partial charge in [-0.05, 0) is 55.7 Å². The summed E-state index contributed by atoms with van der Waals surface area (Å²) < 4.78 is 2.03. The van der Waals surface area contributed by atoms with Crippen molar-refractivity contribution in [2.75, 3.05) is 11.1 Å². The molecule has 0 aliphatic heterocycles. The zero-order valence-corrected chi connectivity index (χ0v) is 15.4. The summed E-state index contributed by atoms with van der Waals surface area (Å²) in [5, 5.41) is 3.74. The Bertz CT molecular complexity index is 901. The molecule has 0 fully saturated rings. The Morgan fingerprint density at radius 2 is 1.96 bits per heavy atom. The second-order valence-electron chi connectivity index (χ2n) is 6.01. The monoisotopic (exact) mass is 351 g/mol. The van der Waals surface area contributed by atoms with E-state index in [0.29, 0.717) is 5.75 Å². The molecule has 0 spiro atoms. The number of nitrogens with one attached hydrogen (secondary N) is 1. The predicted octanol–water partition coefficient (Wildman–Crippen LogP) is 4.53. The normalized spacial score (nSPS) is 10.7. The highest BCUT2D eigenvalue weighted by Gasteiger charge is 2.11. The van der Waals surface area contributed by atoms with Gasteiger partial charge in [-0.3, -0.25) is 9.36 Å². The highest BCUT2D eigenvalue weighted by atomic mass is 32.2. The van der Waals surface area contributed by atoms with Gasteiger partial charge in [0, 0.05) is 18.1 Å². The van der Waals surface area contributed by atoms with E-state index in [0.717, 1.165) is 22.1 Å². The summed E-state index contributed by atoms with van der Waals surface area (Å²) in [5.74, 6) is 0.279. The van der Waals surface area contributed by atoms with Crippen molar-refractivity contribution in [2.45, 2.75) is 25.9 Å². The van der Waals surface area contributed by atoms with E-state index in [2.05, 4.69) is 36.3 Å². The van der Waals surface area contributed by atoms with Crippen LogP contribution in [0.25, 0.3) is 5.69 Å². The van der Waals surface area contributed by atoms with Gasteiger partial charge in [-0.2, -0.15) is 0 Å². The van der Waals surface area contributed by atoms with Gasteiger partial charge in [0.2, 0.25) is 5.91 Å². The van der Waals surface area contributed by atoms with E-state index in [4.69, 9.17) is 0 Å². The standard InChI is InChI=1S/C20H21N3OS/c1-14-6-4-8-17(12-14)22-19(24)13-25-20-21-10-11-23(20)18-9-5-7-15(2)16(18)3/h4-12H,13H2,1-3H3,(H,22,24). The number of carbonyl (C=O) groups excluding carboxylic acids is 1. The SMILES string of the molecule is Cc1cccc(NC(=O)CSc2nccn2-c2cccc(C)c2C)c1. The Kier molecular flexibility index (Phi) is 5.24. The Labute approximate surface area is 152 Å². The number of anilines is 1. The molecule has 1 amide bonds. The van der Waals surface area contributed by atoms with Crippen LogP contribution in [0.15, 0.2) is 60.0 Å². The van der Waals surface area contributed by atoms with E-state index < -0.39 is 0 Å². The van der Waals surface area contributed by atoms with Crippen LogP contribution in [-0.4, -0.2) is 21.2 Å². The number of benzene rings is 2. The fraction of sp³-hybridized carbons (Fsp3) is 0.200. The molecular formula is C20H21N3OS. The molecular weight excluding hydrogens is 330 g/mol. The number of amides is 1. The summed E-state index contributed by atoms with van der Waals surface area (Å²) in [6.45, 7) is 6.20. The maximum atomic E-state index is 12.2. The van der Waals surface area contributed by atoms with Crippen molar-refractivity contribution in [3.8, 4) is 5.69 Å². The van der Waals surface area contributed by atoms with E-state index in [1.54, 1.807) is 6.20 Å². The van der Waals surface area contributed by atoms with Crippen LogP contribution in [0, 0.1) is 20.8 Å². The number of rotatable bonds is 5. The van der Waals surface area contributed by atoms with Crippen molar-refractivity contribution in [3.05, 3.63) is 71.5 Å². The highest BCUT2D eigenvalue weighted by Crippen LogP contribution is 2.24. The minimum absolute atomic E-state index is 0.0360. The quantitative estimate of drug-likeness (QED) is 0.687. The highest BCUT2D eigenvalue weighted by molar-refractivity contribution is 7.99. The Morgan fingerprint density at radius 1 is 1.16 bits per heavy atom. The van der Waals surface area contributed by atoms with E-state index in [1.165, 1.54) is 22.9 Å². The van der Waals surface area contributed by atoms with E-state index in [9.17, 15) is 4.79 Å². The van der Waals surface area contributed by atoms with E-state index in [-0.39, 0.29) is 5.91 Å². The third-order valence-electron chi connectivity index (χ3n) is 4.08. The lowest BCUT2D eigenvalue weighted by Gasteiger charge is -2.12. The number of nitrogens with zero attached hydrogens (tertiary/aromatic N) is 2. The van der Waals surface area contributed by atoms with Gasteiger partial charge < -0.3 is 5.32 Å². The molecule has 2 aromatic carbocycles. The number of aryl methyl sites for hydroxylation is 2. The third-order valence-corrected chi connectivity index (χ3v) is 5.04. The molecule has 5 heteroatoms. The second kappa shape index (κ2) is 7.57. The lowest BCUT2D eigenvalue weighted by atomic mass is 10.1. The van der Waals surface area contributed by atoms with Crippen LogP contribution in [0.5, 0.6) is 0 Å². The molecule has 0 atom stereocenters. The summed E-state index contributed by atoms with van der Waals surface area (Å²) in [6.07, 6.45) is 3.70. The lowest BCUT2D eigenvalue weighted by Crippen LogP contribution is -2.14. The molecule has 0 saturated heterocycles. The van der Waals surface area contributed by atoms with Crippen LogP contribution in [0.1, 0.15) is 16.7 Å². The minimum Gasteiger partial charge on any atom is -0.325 e. The van der Waals surface area contributed by atoms with Crippen molar-refractivity contribution < 1.29 is 4.79 Å². The molecule has 25 heavy (non-hydrogen) atoms. The van der Waals surface area contributed by atoms with Crippen LogP contribution in [0.2, 0.25) is 0 Å². The molecule has 0 saturated carbocycles.